The van der Waals surface area contributed by atoms with Crippen molar-refractivity contribution in [2.24, 2.45) is 11.8 Å². The zero-order valence-corrected chi connectivity index (χ0v) is 9.67. The molecule has 1 aliphatic heterocycles. The van der Waals surface area contributed by atoms with E-state index >= 15 is 0 Å². The summed E-state index contributed by atoms with van der Waals surface area (Å²) in [6.07, 6.45) is 5.48. The van der Waals surface area contributed by atoms with Crippen molar-refractivity contribution in [2.75, 3.05) is 13.1 Å². The number of amides is 1. The third-order valence-electron chi connectivity index (χ3n) is 3.97. The summed E-state index contributed by atoms with van der Waals surface area (Å²) < 4.78 is 0. The molecule has 1 saturated heterocycles. The number of nitrogens with zero attached hydrogens (tertiary/aromatic N) is 1. The van der Waals surface area contributed by atoms with Gasteiger partial charge in [-0.05, 0) is 37.5 Å². The Hall–Kier alpha value is -0.790. The van der Waals surface area contributed by atoms with E-state index < -0.39 is 0 Å². The van der Waals surface area contributed by atoms with Crippen LogP contribution in [0.4, 0.5) is 0 Å². The minimum absolute atomic E-state index is 0.331. The second-order valence-corrected chi connectivity index (χ2v) is 4.99. The molecule has 0 aromatic heterocycles. The number of piperidine rings is 1. The van der Waals surface area contributed by atoms with Gasteiger partial charge in [-0.1, -0.05) is 19.1 Å². The van der Waals surface area contributed by atoms with E-state index in [0.29, 0.717) is 12.3 Å². The van der Waals surface area contributed by atoms with Crippen LogP contribution in [0.5, 0.6) is 0 Å². The highest BCUT2D eigenvalue weighted by atomic mass is 16.2. The van der Waals surface area contributed by atoms with Gasteiger partial charge in [0.1, 0.15) is 0 Å². The van der Waals surface area contributed by atoms with Gasteiger partial charge in [-0.15, -0.1) is 0 Å². The summed E-state index contributed by atoms with van der Waals surface area (Å²) >= 11 is 0. The molecule has 1 saturated carbocycles. The molecule has 84 valence electrons. The maximum Gasteiger partial charge on any atom is 0.222 e. The van der Waals surface area contributed by atoms with Gasteiger partial charge >= 0.3 is 0 Å². The molecule has 1 aliphatic carbocycles. The van der Waals surface area contributed by atoms with E-state index in [1.165, 1.54) is 31.3 Å². The molecule has 2 heteroatoms. The molecule has 2 rings (SSSR count). The molecule has 0 radical (unpaired) electrons. The number of likely N-dealkylation sites (tertiary alicyclic amines) is 1. The Bertz CT molecular complexity index is 272. The fourth-order valence-corrected chi connectivity index (χ4v) is 2.99. The van der Waals surface area contributed by atoms with Crippen LogP contribution < -0.4 is 0 Å². The van der Waals surface area contributed by atoms with E-state index in [0.717, 1.165) is 24.9 Å². The summed E-state index contributed by atoms with van der Waals surface area (Å²) in [4.78, 5) is 13.7. The molecule has 2 aliphatic rings. The smallest absolute Gasteiger partial charge is 0.222 e. The highest BCUT2D eigenvalue weighted by molar-refractivity contribution is 5.75. The fourth-order valence-electron chi connectivity index (χ4n) is 2.99. The lowest BCUT2D eigenvalue weighted by atomic mass is 9.73. The second kappa shape index (κ2) is 4.38. The highest BCUT2D eigenvalue weighted by Gasteiger charge is 2.33. The molecule has 15 heavy (non-hydrogen) atoms. The van der Waals surface area contributed by atoms with Crippen LogP contribution in [-0.4, -0.2) is 23.9 Å². The molecule has 0 spiro atoms. The van der Waals surface area contributed by atoms with E-state index in [9.17, 15) is 4.79 Å². The Morgan fingerprint density at radius 3 is 3.00 bits per heavy atom. The van der Waals surface area contributed by atoms with Crippen LogP contribution in [0.25, 0.3) is 0 Å². The summed E-state index contributed by atoms with van der Waals surface area (Å²) in [5.41, 5.74) is 1.42. The second-order valence-electron chi connectivity index (χ2n) is 4.99. The minimum Gasteiger partial charge on any atom is -0.342 e. The molecule has 1 heterocycles. The van der Waals surface area contributed by atoms with Crippen molar-refractivity contribution in [3.8, 4) is 0 Å². The van der Waals surface area contributed by atoms with Gasteiger partial charge in [0.25, 0.3) is 0 Å². The molecule has 0 aromatic rings. The lowest BCUT2D eigenvalue weighted by molar-refractivity contribution is -0.133. The molecule has 0 N–H and O–H groups in total. The van der Waals surface area contributed by atoms with Gasteiger partial charge in [0, 0.05) is 19.5 Å². The number of carbonyl (C=O) groups is 1. The minimum atomic E-state index is 0.331. The van der Waals surface area contributed by atoms with Crippen LogP contribution >= 0.6 is 0 Å². The molecular formula is C13H21NO. The Balaban J connectivity index is 1.95. The maximum atomic E-state index is 11.6. The van der Waals surface area contributed by atoms with Gasteiger partial charge in [0.05, 0.1) is 0 Å². The molecule has 0 bridgehead atoms. The highest BCUT2D eigenvalue weighted by Crippen LogP contribution is 2.38. The predicted molar refractivity (Wildman–Crippen MR) is 61.5 cm³/mol. The summed E-state index contributed by atoms with van der Waals surface area (Å²) in [5.74, 6) is 1.89. The van der Waals surface area contributed by atoms with Crippen molar-refractivity contribution in [1.82, 2.24) is 4.90 Å². The number of fused-ring (bicyclic) bond motifs is 1. The topological polar surface area (TPSA) is 20.3 Å². The fraction of sp³-hybridized carbons (Fsp3) is 0.769. The van der Waals surface area contributed by atoms with Crippen LogP contribution in [0.3, 0.4) is 0 Å². The van der Waals surface area contributed by atoms with Crippen LogP contribution in [0, 0.1) is 11.8 Å². The Kier molecular flexibility index (Phi) is 3.13. The average molecular weight is 207 g/mol. The molecule has 1 amide bonds. The zero-order chi connectivity index (χ0) is 10.8. The average Bonchev–Trinajstić information content (AvgIpc) is 2.27. The number of carbonyl (C=O) groups excluding carboxylic acids is 1. The molecule has 2 atom stereocenters. The zero-order valence-electron chi connectivity index (χ0n) is 9.67. The monoisotopic (exact) mass is 207 g/mol. The SMILES string of the molecule is C=C1CCC2CN(C(=O)CC)CCC2C1. The lowest BCUT2D eigenvalue weighted by Crippen LogP contribution is -2.44. The summed E-state index contributed by atoms with van der Waals surface area (Å²) in [6, 6.07) is 0. The quantitative estimate of drug-likeness (QED) is 0.605. The molecule has 2 nitrogen and oxygen atoms in total. The Labute approximate surface area is 92.3 Å². The molecule has 0 aromatic carbocycles. The third kappa shape index (κ3) is 2.24. The third-order valence-corrected chi connectivity index (χ3v) is 3.97. The lowest BCUT2D eigenvalue weighted by Gasteiger charge is -2.41. The molecule has 2 unspecified atom stereocenters. The summed E-state index contributed by atoms with van der Waals surface area (Å²) in [6.45, 7) is 8.03. The van der Waals surface area contributed by atoms with Gasteiger partial charge < -0.3 is 4.90 Å². The van der Waals surface area contributed by atoms with Crippen LogP contribution in [0.1, 0.15) is 39.0 Å². The van der Waals surface area contributed by atoms with E-state index in [1.54, 1.807) is 0 Å². The number of hydrogen-bond acceptors (Lipinski definition) is 1. The van der Waals surface area contributed by atoms with Crippen LogP contribution in [0.15, 0.2) is 12.2 Å². The first-order valence-electron chi connectivity index (χ1n) is 6.15. The molecular weight excluding hydrogens is 186 g/mol. The molecule has 2 fully saturated rings. The standard InChI is InChI=1S/C13H21NO/c1-3-13(15)14-7-6-11-8-10(2)4-5-12(11)9-14/h11-12H,2-9H2,1H3. The van der Waals surface area contributed by atoms with Gasteiger partial charge in [-0.25, -0.2) is 0 Å². The van der Waals surface area contributed by atoms with Gasteiger partial charge in [-0.2, -0.15) is 0 Å². The number of allylic oxidation sites excluding steroid dienone is 1. The van der Waals surface area contributed by atoms with Crippen molar-refractivity contribution >= 4 is 5.91 Å². The first-order valence-corrected chi connectivity index (χ1v) is 6.15. The van der Waals surface area contributed by atoms with Crippen molar-refractivity contribution in [1.29, 1.82) is 0 Å². The van der Waals surface area contributed by atoms with Crippen LogP contribution in [-0.2, 0) is 4.79 Å². The number of hydrogen-bond donors (Lipinski definition) is 0. The van der Waals surface area contributed by atoms with E-state index in [1.807, 2.05) is 6.92 Å². The Morgan fingerprint density at radius 1 is 1.47 bits per heavy atom. The summed E-state index contributed by atoms with van der Waals surface area (Å²) in [7, 11) is 0. The van der Waals surface area contributed by atoms with Gasteiger partial charge in [0.2, 0.25) is 5.91 Å². The maximum absolute atomic E-state index is 11.6. The van der Waals surface area contributed by atoms with Crippen molar-refractivity contribution in [3.05, 3.63) is 12.2 Å². The number of rotatable bonds is 1. The van der Waals surface area contributed by atoms with E-state index in [4.69, 9.17) is 0 Å². The largest absolute Gasteiger partial charge is 0.342 e. The van der Waals surface area contributed by atoms with E-state index in [2.05, 4.69) is 11.5 Å². The van der Waals surface area contributed by atoms with Gasteiger partial charge in [-0.3, -0.25) is 4.79 Å². The van der Waals surface area contributed by atoms with Crippen molar-refractivity contribution in [3.63, 3.8) is 0 Å². The van der Waals surface area contributed by atoms with Gasteiger partial charge in [0.15, 0.2) is 0 Å². The normalized spacial score (nSPS) is 31.3. The first-order chi connectivity index (χ1) is 7.20. The first kappa shape index (κ1) is 10.7. The van der Waals surface area contributed by atoms with Crippen molar-refractivity contribution in [2.45, 2.75) is 39.0 Å². The summed E-state index contributed by atoms with van der Waals surface area (Å²) in [5, 5.41) is 0. The predicted octanol–water partition coefficient (Wildman–Crippen LogP) is 2.60. The van der Waals surface area contributed by atoms with Crippen molar-refractivity contribution < 1.29 is 4.79 Å². The Morgan fingerprint density at radius 2 is 2.27 bits per heavy atom. The van der Waals surface area contributed by atoms with E-state index in [-0.39, 0.29) is 0 Å². The van der Waals surface area contributed by atoms with Crippen LogP contribution in [0.2, 0.25) is 0 Å².